The predicted octanol–water partition coefficient (Wildman–Crippen LogP) is 4.53. The van der Waals surface area contributed by atoms with E-state index in [4.69, 9.17) is 11.6 Å². The number of rotatable bonds is 4. The van der Waals surface area contributed by atoms with Crippen molar-refractivity contribution in [1.82, 2.24) is 0 Å². The van der Waals surface area contributed by atoms with Crippen LogP contribution in [0, 0.1) is 0 Å². The molecular weight excluding hydrogens is 244 g/mol. The number of hydrogen-bond acceptors (Lipinski definition) is 1. The Morgan fingerprint density at radius 2 is 1.83 bits per heavy atom. The molecule has 0 radical (unpaired) electrons. The van der Waals surface area contributed by atoms with Crippen molar-refractivity contribution >= 4 is 17.4 Å². The molecule has 0 saturated heterocycles. The molecule has 0 aliphatic heterocycles. The highest BCUT2D eigenvalue weighted by atomic mass is 35.5. The lowest BCUT2D eigenvalue weighted by molar-refractivity contribution is -0.116. The number of carbonyl (C=O) groups excluding carboxylic acids is 1. The Kier molecular flexibility index (Phi) is 4.16. The minimum absolute atomic E-state index is 0.207. The van der Waals surface area contributed by atoms with Crippen molar-refractivity contribution in [2.24, 2.45) is 0 Å². The average molecular weight is 259 g/mol. The molecule has 1 nitrogen and oxygen atoms in total. The fourth-order valence-corrected chi connectivity index (χ4v) is 2.20. The van der Waals surface area contributed by atoms with Crippen molar-refractivity contribution in [2.45, 2.75) is 19.8 Å². The summed E-state index contributed by atoms with van der Waals surface area (Å²) in [5.74, 6) is 0.207. The number of aryl methyl sites for hydroxylation is 1. The van der Waals surface area contributed by atoms with Crippen LogP contribution in [0.4, 0.5) is 0 Å². The largest absolute Gasteiger partial charge is 0.300 e. The van der Waals surface area contributed by atoms with Gasteiger partial charge in [0.25, 0.3) is 0 Å². The van der Waals surface area contributed by atoms with Crippen LogP contribution < -0.4 is 0 Å². The van der Waals surface area contributed by atoms with E-state index in [9.17, 15) is 4.79 Å². The quantitative estimate of drug-likeness (QED) is 0.788. The Morgan fingerprint density at radius 1 is 1.11 bits per heavy atom. The molecule has 0 spiro atoms. The highest BCUT2D eigenvalue weighted by Crippen LogP contribution is 2.28. The summed E-state index contributed by atoms with van der Waals surface area (Å²) in [6.07, 6.45) is 1.32. The molecule has 0 aliphatic rings. The van der Waals surface area contributed by atoms with Gasteiger partial charge in [0.15, 0.2) is 0 Å². The van der Waals surface area contributed by atoms with Crippen LogP contribution in [-0.2, 0) is 11.2 Å². The lowest BCUT2D eigenvalue weighted by Gasteiger charge is -2.07. The molecule has 18 heavy (non-hydrogen) atoms. The summed E-state index contributed by atoms with van der Waals surface area (Å²) in [6.45, 7) is 1.61. The van der Waals surface area contributed by atoms with Crippen LogP contribution in [-0.4, -0.2) is 5.78 Å². The van der Waals surface area contributed by atoms with Gasteiger partial charge in [-0.1, -0.05) is 54.1 Å². The van der Waals surface area contributed by atoms with Crippen molar-refractivity contribution < 1.29 is 4.79 Å². The van der Waals surface area contributed by atoms with Gasteiger partial charge in [-0.05, 0) is 30.5 Å². The maximum Gasteiger partial charge on any atom is 0.130 e. The highest BCUT2D eigenvalue weighted by molar-refractivity contribution is 6.33. The summed E-state index contributed by atoms with van der Waals surface area (Å²) in [5.41, 5.74) is 3.25. The van der Waals surface area contributed by atoms with E-state index < -0.39 is 0 Å². The van der Waals surface area contributed by atoms with Gasteiger partial charge in [0.2, 0.25) is 0 Å². The van der Waals surface area contributed by atoms with E-state index in [0.29, 0.717) is 6.42 Å². The summed E-state index contributed by atoms with van der Waals surface area (Å²) < 4.78 is 0. The summed E-state index contributed by atoms with van der Waals surface area (Å²) in [7, 11) is 0. The van der Waals surface area contributed by atoms with Crippen LogP contribution in [0.1, 0.15) is 18.9 Å². The van der Waals surface area contributed by atoms with E-state index in [1.165, 1.54) is 0 Å². The van der Waals surface area contributed by atoms with Gasteiger partial charge < -0.3 is 4.79 Å². The zero-order chi connectivity index (χ0) is 13.0. The monoisotopic (exact) mass is 258 g/mol. The molecule has 2 aromatic carbocycles. The SMILES string of the molecule is CC(=O)CCc1ccc(-c2ccccc2)c(Cl)c1. The second-order valence-corrected chi connectivity index (χ2v) is 4.79. The molecule has 0 unspecified atom stereocenters. The Labute approximate surface area is 112 Å². The molecule has 0 atom stereocenters. The Hall–Kier alpha value is -1.60. The van der Waals surface area contributed by atoms with Gasteiger partial charge in [-0.15, -0.1) is 0 Å². The molecule has 2 heteroatoms. The minimum atomic E-state index is 0.207. The maximum atomic E-state index is 11.0. The number of carbonyl (C=O) groups is 1. The molecule has 2 aromatic rings. The normalized spacial score (nSPS) is 10.3. The van der Waals surface area contributed by atoms with Crippen molar-refractivity contribution in [3.05, 3.63) is 59.1 Å². The summed E-state index contributed by atoms with van der Waals surface area (Å²) in [4.78, 5) is 11.0. The number of benzene rings is 2. The zero-order valence-corrected chi connectivity index (χ0v) is 11.1. The highest BCUT2D eigenvalue weighted by Gasteiger charge is 2.05. The molecule has 0 amide bonds. The van der Waals surface area contributed by atoms with Crippen LogP contribution in [0.5, 0.6) is 0 Å². The first kappa shape index (κ1) is 12.8. The van der Waals surface area contributed by atoms with Crippen molar-refractivity contribution in [3.63, 3.8) is 0 Å². The summed E-state index contributed by atoms with van der Waals surface area (Å²) >= 11 is 6.29. The van der Waals surface area contributed by atoms with Gasteiger partial charge in [0.05, 0.1) is 0 Å². The van der Waals surface area contributed by atoms with E-state index in [0.717, 1.165) is 28.1 Å². The van der Waals surface area contributed by atoms with Crippen molar-refractivity contribution in [1.29, 1.82) is 0 Å². The zero-order valence-electron chi connectivity index (χ0n) is 10.3. The van der Waals surface area contributed by atoms with Gasteiger partial charge in [-0.3, -0.25) is 0 Å². The molecule has 0 heterocycles. The molecule has 0 bridgehead atoms. The average Bonchev–Trinajstić information content (AvgIpc) is 2.37. The van der Waals surface area contributed by atoms with Crippen LogP contribution >= 0.6 is 11.6 Å². The lowest BCUT2D eigenvalue weighted by atomic mass is 10.0. The second-order valence-electron chi connectivity index (χ2n) is 4.38. The standard InChI is InChI=1S/C16H15ClO/c1-12(18)7-8-13-9-10-15(16(17)11-13)14-5-3-2-4-6-14/h2-6,9-11H,7-8H2,1H3. The van der Waals surface area contributed by atoms with Gasteiger partial charge in [-0.2, -0.15) is 0 Å². The maximum absolute atomic E-state index is 11.0. The molecule has 0 aromatic heterocycles. The second kappa shape index (κ2) is 5.83. The van der Waals surface area contributed by atoms with Crippen LogP contribution in [0.3, 0.4) is 0 Å². The molecule has 0 saturated carbocycles. The van der Waals surface area contributed by atoms with E-state index in [-0.39, 0.29) is 5.78 Å². The fraction of sp³-hybridized carbons (Fsp3) is 0.188. The van der Waals surface area contributed by atoms with Crippen molar-refractivity contribution in [2.75, 3.05) is 0 Å². The molecule has 2 rings (SSSR count). The Balaban J connectivity index is 2.23. The Morgan fingerprint density at radius 3 is 2.44 bits per heavy atom. The van der Waals surface area contributed by atoms with Gasteiger partial charge in [0, 0.05) is 17.0 Å². The number of hydrogen-bond donors (Lipinski definition) is 0. The van der Waals surface area contributed by atoms with E-state index in [1.807, 2.05) is 48.5 Å². The fourth-order valence-electron chi connectivity index (χ4n) is 1.89. The number of Topliss-reactive ketones (excluding diaryl/α,β-unsaturated/α-hetero) is 1. The van der Waals surface area contributed by atoms with Crippen molar-refractivity contribution in [3.8, 4) is 11.1 Å². The Bertz CT molecular complexity index is 546. The lowest BCUT2D eigenvalue weighted by Crippen LogP contribution is -1.94. The van der Waals surface area contributed by atoms with E-state index >= 15 is 0 Å². The van der Waals surface area contributed by atoms with Crippen LogP contribution in [0.2, 0.25) is 5.02 Å². The molecule has 0 aliphatic carbocycles. The first-order valence-electron chi connectivity index (χ1n) is 6.00. The topological polar surface area (TPSA) is 17.1 Å². The summed E-state index contributed by atoms with van der Waals surface area (Å²) in [5, 5.41) is 0.738. The van der Waals surface area contributed by atoms with Gasteiger partial charge in [0.1, 0.15) is 5.78 Å². The van der Waals surface area contributed by atoms with Crippen LogP contribution in [0.15, 0.2) is 48.5 Å². The van der Waals surface area contributed by atoms with Gasteiger partial charge in [-0.25, -0.2) is 0 Å². The number of halogens is 1. The summed E-state index contributed by atoms with van der Waals surface area (Å²) in [6, 6.07) is 16.1. The molecule has 0 N–H and O–H groups in total. The minimum Gasteiger partial charge on any atom is -0.300 e. The third-order valence-corrected chi connectivity index (χ3v) is 3.20. The molecule has 0 fully saturated rings. The molecular formula is C16H15ClO. The third kappa shape index (κ3) is 3.21. The smallest absolute Gasteiger partial charge is 0.130 e. The third-order valence-electron chi connectivity index (χ3n) is 2.88. The van der Waals surface area contributed by atoms with Crippen LogP contribution in [0.25, 0.3) is 11.1 Å². The first-order valence-corrected chi connectivity index (χ1v) is 6.38. The number of ketones is 1. The van der Waals surface area contributed by atoms with Gasteiger partial charge >= 0.3 is 0 Å². The predicted molar refractivity (Wildman–Crippen MR) is 75.9 cm³/mol. The first-order chi connectivity index (χ1) is 8.66. The van der Waals surface area contributed by atoms with E-state index in [2.05, 4.69) is 0 Å². The van der Waals surface area contributed by atoms with E-state index in [1.54, 1.807) is 6.92 Å². The molecule has 92 valence electrons.